The molecule has 0 unspecified atom stereocenters. The van der Waals surface area contributed by atoms with Crippen LogP contribution in [0.15, 0.2) is 36.4 Å². The highest BCUT2D eigenvalue weighted by molar-refractivity contribution is 6.31. The highest BCUT2D eigenvalue weighted by atomic mass is 35.5. The van der Waals surface area contributed by atoms with Crippen molar-refractivity contribution >= 4 is 17.3 Å². The van der Waals surface area contributed by atoms with E-state index in [1.807, 2.05) is 19.1 Å². The van der Waals surface area contributed by atoms with E-state index >= 15 is 0 Å². The first-order valence-corrected chi connectivity index (χ1v) is 5.87. The molecule has 0 radical (unpaired) electrons. The summed E-state index contributed by atoms with van der Waals surface area (Å²) >= 11 is 5.92. The van der Waals surface area contributed by atoms with Crippen LogP contribution in [-0.2, 0) is 6.61 Å². The lowest BCUT2D eigenvalue weighted by atomic mass is 10.2. The van der Waals surface area contributed by atoms with Crippen molar-refractivity contribution in [1.29, 1.82) is 0 Å². The first kappa shape index (κ1) is 12.7. The molecule has 0 aliphatic heterocycles. The molecule has 0 saturated carbocycles. The number of hydrogen-bond acceptors (Lipinski definition) is 2. The lowest BCUT2D eigenvalue weighted by molar-refractivity contribution is 0.301. The van der Waals surface area contributed by atoms with Crippen LogP contribution in [0.25, 0.3) is 0 Å². The van der Waals surface area contributed by atoms with Crippen LogP contribution >= 0.6 is 11.6 Å². The number of hydrogen-bond donors (Lipinski definition) is 1. The number of aryl methyl sites for hydroxylation is 1. The maximum absolute atomic E-state index is 13.5. The molecule has 0 aromatic heterocycles. The van der Waals surface area contributed by atoms with Gasteiger partial charge in [-0.15, -0.1) is 0 Å². The van der Waals surface area contributed by atoms with Gasteiger partial charge in [0.05, 0.1) is 10.7 Å². The van der Waals surface area contributed by atoms with Gasteiger partial charge < -0.3 is 10.5 Å². The maximum Gasteiger partial charge on any atom is 0.142 e. The Labute approximate surface area is 110 Å². The monoisotopic (exact) mass is 265 g/mol. The van der Waals surface area contributed by atoms with E-state index in [0.29, 0.717) is 22.0 Å². The molecule has 0 atom stereocenters. The fourth-order valence-electron chi connectivity index (χ4n) is 1.59. The van der Waals surface area contributed by atoms with E-state index in [0.717, 1.165) is 5.56 Å². The molecule has 2 aromatic rings. The van der Waals surface area contributed by atoms with Crippen LogP contribution in [0.5, 0.6) is 5.75 Å². The third-order valence-electron chi connectivity index (χ3n) is 2.60. The molecule has 0 bridgehead atoms. The minimum absolute atomic E-state index is 0.0547. The maximum atomic E-state index is 13.5. The van der Waals surface area contributed by atoms with Crippen molar-refractivity contribution in [2.75, 3.05) is 5.73 Å². The summed E-state index contributed by atoms with van der Waals surface area (Å²) in [6, 6.07) is 9.99. The van der Waals surface area contributed by atoms with Gasteiger partial charge in [0.25, 0.3) is 0 Å². The molecule has 0 heterocycles. The predicted octanol–water partition coefficient (Wildman–Crippen LogP) is 3.95. The smallest absolute Gasteiger partial charge is 0.142 e. The van der Waals surface area contributed by atoms with Crippen molar-refractivity contribution < 1.29 is 9.13 Å². The van der Waals surface area contributed by atoms with Crippen molar-refractivity contribution in [2.45, 2.75) is 13.5 Å². The number of halogens is 2. The minimum Gasteiger partial charge on any atom is -0.487 e. The van der Waals surface area contributed by atoms with Gasteiger partial charge >= 0.3 is 0 Å². The van der Waals surface area contributed by atoms with Crippen LogP contribution in [-0.4, -0.2) is 0 Å². The summed E-state index contributed by atoms with van der Waals surface area (Å²) in [6.07, 6.45) is 0. The largest absolute Gasteiger partial charge is 0.487 e. The second-order valence-electron chi connectivity index (χ2n) is 4.03. The van der Waals surface area contributed by atoms with Crippen molar-refractivity contribution in [1.82, 2.24) is 0 Å². The van der Waals surface area contributed by atoms with Crippen molar-refractivity contribution in [3.05, 3.63) is 58.4 Å². The Hall–Kier alpha value is -1.74. The summed E-state index contributed by atoms with van der Waals surface area (Å²) in [5.74, 6) is 0.156. The van der Waals surface area contributed by atoms with Crippen LogP contribution in [0.2, 0.25) is 5.02 Å². The zero-order valence-corrected chi connectivity index (χ0v) is 10.7. The van der Waals surface area contributed by atoms with E-state index in [2.05, 4.69) is 0 Å². The number of nitrogens with two attached hydrogens (primary N) is 1. The van der Waals surface area contributed by atoms with Gasteiger partial charge in [0.2, 0.25) is 0 Å². The fourth-order valence-corrected chi connectivity index (χ4v) is 1.80. The Kier molecular flexibility index (Phi) is 3.72. The molecule has 2 nitrogen and oxygen atoms in total. The fraction of sp³-hybridized carbons (Fsp3) is 0.143. The van der Waals surface area contributed by atoms with E-state index < -0.39 is 0 Å². The molecule has 2 rings (SSSR count). The van der Waals surface area contributed by atoms with Gasteiger partial charge in [-0.05, 0) is 36.8 Å². The number of ether oxygens (including phenoxy) is 1. The zero-order chi connectivity index (χ0) is 13.1. The summed E-state index contributed by atoms with van der Waals surface area (Å²) in [5.41, 5.74) is 7.66. The van der Waals surface area contributed by atoms with Crippen LogP contribution in [0.1, 0.15) is 11.1 Å². The first-order chi connectivity index (χ1) is 8.58. The minimum atomic E-state index is -0.381. The quantitative estimate of drug-likeness (QED) is 0.853. The highest BCUT2D eigenvalue weighted by Gasteiger charge is 2.08. The van der Waals surface area contributed by atoms with E-state index in [9.17, 15) is 4.39 Å². The first-order valence-electron chi connectivity index (χ1n) is 5.50. The molecule has 2 aromatic carbocycles. The topological polar surface area (TPSA) is 35.2 Å². The van der Waals surface area contributed by atoms with E-state index in [-0.39, 0.29) is 12.4 Å². The molecule has 0 spiro atoms. The summed E-state index contributed by atoms with van der Waals surface area (Å²) in [7, 11) is 0. The Morgan fingerprint density at radius 2 is 2.06 bits per heavy atom. The Balaban J connectivity index is 2.19. The van der Waals surface area contributed by atoms with Crippen molar-refractivity contribution in [3.8, 4) is 5.75 Å². The molecule has 4 heteroatoms. The predicted molar refractivity (Wildman–Crippen MR) is 71.3 cm³/mol. The van der Waals surface area contributed by atoms with Crippen LogP contribution in [0, 0.1) is 12.7 Å². The van der Waals surface area contributed by atoms with Gasteiger partial charge in [-0.1, -0.05) is 23.7 Å². The number of benzene rings is 2. The van der Waals surface area contributed by atoms with Gasteiger partial charge in [-0.2, -0.15) is 0 Å². The van der Waals surface area contributed by atoms with Gasteiger partial charge in [0, 0.05) is 5.56 Å². The molecule has 0 aliphatic rings. The summed E-state index contributed by atoms with van der Waals surface area (Å²) in [5, 5.41) is 0.348. The SMILES string of the molecule is Cc1ccc(N)c(OCc2c(F)cccc2Cl)c1. The Morgan fingerprint density at radius 1 is 1.28 bits per heavy atom. The summed E-state index contributed by atoms with van der Waals surface area (Å²) in [4.78, 5) is 0. The van der Waals surface area contributed by atoms with Crippen molar-refractivity contribution in [3.63, 3.8) is 0 Å². The number of nitrogen functional groups attached to an aromatic ring is 1. The van der Waals surface area contributed by atoms with Crippen LogP contribution in [0.4, 0.5) is 10.1 Å². The molecule has 0 aliphatic carbocycles. The molecular weight excluding hydrogens is 253 g/mol. The van der Waals surface area contributed by atoms with Gasteiger partial charge in [0.1, 0.15) is 18.2 Å². The lowest BCUT2D eigenvalue weighted by Gasteiger charge is -2.11. The third kappa shape index (κ3) is 2.74. The average Bonchev–Trinajstić information content (AvgIpc) is 2.33. The van der Waals surface area contributed by atoms with Crippen LogP contribution in [0.3, 0.4) is 0 Å². The zero-order valence-electron chi connectivity index (χ0n) is 9.91. The molecule has 18 heavy (non-hydrogen) atoms. The van der Waals surface area contributed by atoms with Crippen LogP contribution < -0.4 is 10.5 Å². The molecule has 0 amide bonds. The van der Waals surface area contributed by atoms with Crippen molar-refractivity contribution in [2.24, 2.45) is 0 Å². The third-order valence-corrected chi connectivity index (χ3v) is 2.96. The molecule has 0 fully saturated rings. The molecule has 2 N–H and O–H groups in total. The standard InChI is InChI=1S/C14H13ClFNO/c1-9-5-6-13(17)14(7-9)18-8-10-11(15)3-2-4-12(10)16/h2-7H,8,17H2,1H3. The summed E-state index contributed by atoms with van der Waals surface area (Å²) in [6.45, 7) is 1.99. The Morgan fingerprint density at radius 3 is 2.78 bits per heavy atom. The molecular formula is C14H13ClFNO. The number of rotatable bonds is 3. The molecule has 0 saturated heterocycles. The average molecular weight is 266 g/mol. The molecule has 94 valence electrons. The van der Waals surface area contributed by atoms with E-state index in [1.165, 1.54) is 6.07 Å². The Bertz CT molecular complexity index is 551. The number of anilines is 1. The van der Waals surface area contributed by atoms with E-state index in [1.54, 1.807) is 18.2 Å². The van der Waals surface area contributed by atoms with E-state index in [4.69, 9.17) is 22.1 Å². The van der Waals surface area contributed by atoms with Gasteiger partial charge in [0.15, 0.2) is 0 Å². The highest BCUT2D eigenvalue weighted by Crippen LogP contribution is 2.26. The van der Waals surface area contributed by atoms with Gasteiger partial charge in [-0.25, -0.2) is 4.39 Å². The second-order valence-corrected chi connectivity index (χ2v) is 4.44. The van der Waals surface area contributed by atoms with Gasteiger partial charge in [-0.3, -0.25) is 0 Å². The second kappa shape index (κ2) is 5.27. The summed E-state index contributed by atoms with van der Waals surface area (Å²) < 4.78 is 19.1. The lowest BCUT2D eigenvalue weighted by Crippen LogP contribution is -2.02. The normalized spacial score (nSPS) is 10.4.